The topological polar surface area (TPSA) is 46.3 Å². The molecule has 2 aromatic carbocycles. The molecule has 0 heterocycles. The number of rotatable bonds is 6. The summed E-state index contributed by atoms with van der Waals surface area (Å²) in [7, 11) is 0. The van der Waals surface area contributed by atoms with Crippen LogP contribution in [0.4, 0.5) is 11.4 Å². The van der Waals surface area contributed by atoms with Crippen molar-refractivity contribution in [1.82, 2.24) is 0 Å². The Morgan fingerprint density at radius 3 is 2.52 bits per heavy atom. The first-order chi connectivity index (χ1) is 10.2. The fourth-order valence-electron chi connectivity index (χ4n) is 2.34. The molecule has 0 unspecified atom stereocenters. The van der Waals surface area contributed by atoms with E-state index in [0.29, 0.717) is 12.1 Å². The van der Waals surface area contributed by atoms with Gasteiger partial charge in [-0.25, -0.2) is 0 Å². The molecule has 3 nitrogen and oxygen atoms in total. The summed E-state index contributed by atoms with van der Waals surface area (Å²) in [6, 6.07) is 17.6. The van der Waals surface area contributed by atoms with Crippen molar-refractivity contribution in [3.8, 4) is 0 Å². The molecule has 1 amide bonds. The normalized spacial score (nSPS) is 10.3. The van der Waals surface area contributed by atoms with Crippen LogP contribution < -0.4 is 10.6 Å². The third-order valence-electron chi connectivity index (χ3n) is 3.40. The Bertz CT molecular complexity index is 581. The summed E-state index contributed by atoms with van der Waals surface area (Å²) in [5, 5.41) is 0. The van der Waals surface area contributed by atoms with Crippen LogP contribution in [0.1, 0.15) is 25.3 Å². The Morgan fingerprint density at radius 1 is 1.10 bits per heavy atom. The lowest BCUT2D eigenvalue weighted by Crippen LogP contribution is -2.31. The van der Waals surface area contributed by atoms with E-state index in [-0.39, 0.29) is 5.91 Å². The molecule has 0 aliphatic rings. The highest BCUT2D eigenvalue weighted by atomic mass is 16.2. The Kier molecular flexibility index (Phi) is 5.38. The van der Waals surface area contributed by atoms with Crippen molar-refractivity contribution in [2.24, 2.45) is 0 Å². The zero-order valence-electron chi connectivity index (χ0n) is 12.5. The molecule has 0 aromatic heterocycles. The van der Waals surface area contributed by atoms with Crippen LogP contribution in [0.2, 0.25) is 0 Å². The van der Waals surface area contributed by atoms with Crippen molar-refractivity contribution >= 4 is 17.3 Å². The van der Waals surface area contributed by atoms with Crippen LogP contribution in [0.5, 0.6) is 0 Å². The van der Waals surface area contributed by atoms with Crippen molar-refractivity contribution in [2.75, 3.05) is 17.2 Å². The summed E-state index contributed by atoms with van der Waals surface area (Å²) < 4.78 is 0. The molecule has 0 radical (unpaired) electrons. The first kappa shape index (κ1) is 15.1. The summed E-state index contributed by atoms with van der Waals surface area (Å²) in [6.07, 6.45) is 2.20. The number of hydrogen-bond acceptors (Lipinski definition) is 2. The number of benzene rings is 2. The second-order valence-corrected chi connectivity index (χ2v) is 5.13. The molecule has 0 bridgehead atoms. The summed E-state index contributed by atoms with van der Waals surface area (Å²) in [4.78, 5) is 14.3. The van der Waals surface area contributed by atoms with Crippen molar-refractivity contribution in [2.45, 2.75) is 26.2 Å². The molecular weight excluding hydrogens is 260 g/mol. The molecule has 0 fully saturated rings. The van der Waals surface area contributed by atoms with Crippen LogP contribution in [-0.2, 0) is 11.2 Å². The molecule has 0 saturated heterocycles. The van der Waals surface area contributed by atoms with E-state index in [1.807, 2.05) is 47.4 Å². The predicted molar refractivity (Wildman–Crippen MR) is 88.3 cm³/mol. The Labute approximate surface area is 126 Å². The predicted octanol–water partition coefficient (Wildman–Crippen LogP) is 3.64. The molecule has 0 saturated carbocycles. The third kappa shape index (κ3) is 4.35. The molecule has 2 rings (SSSR count). The third-order valence-corrected chi connectivity index (χ3v) is 3.40. The van der Waals surface area contributed by atoms with Gasteiger partial charge in [-0.05, 0) is 36.6 Å². The van der Waals surface area contributed by atoms with E-state index in [0.717, 1.165) is 25.1 Å². The maximum absolute atomic E-state index is 12.5. The van der Waals surface area contributed by atoms with Crippen molar-refractivity contribution < 1.29 is 4.79 Å². The van der Waals surface area contributed by atoms with Crippen molar-refractivity contribution in [3.05, 3.63) is 60.2 Å². The SMILES string of the molecule is CCCN(C(=O)CCc1ccccc1)c1cccc(N)c1. The van der Waals surface area contributed by atoms with Crippen LogP contribution in [0.25, 0.3) is 0 Å². The molecule has 0 aliphatic heterocycles. The Morgan fingerprint density at radius 2 is 1.86 bits per heavy atom. The zero-order chi connectivity index (χ0) is 15.1. The van der Waals surface area contributed by atoms with Gasteiger partial charge in [0.05, 0.1) is 0 Å². The Hall–Kier alpha value is -2.29. The molecule has 0 aliphatic carbocycles. The first-order valence-electron chi connectivity index (χ1n) is 7.40. The van der Waals surface area contributed by atoms with Gasteiger partial charge < -0.3 is 10.6 Å². The van der Waals surface area contributed by atoms with Crippen LogP contribution in [0, 0.1) is 0 Å². The number of amides is 1. The highest BCUT2D eigenvalue weighted by Gasteiger charge is 2.14. The molecule has 110 valence electrons. The fraction of sp³-hybridized carbons (Fsp3) is 0.278. The number of aryl methyl sites for hydroxylation is 1. The molecule has 0 atom stereocenters. The van der Waals surface area contributed by atoms with Crippen molar-refractivity contribution in [1.29, 1.82) is 0 Å². The minimum atomic E-state index is 0.145. The summed E-state index contributed by atoms with van der Waals surface area (Å²) in [6.45, 7) is 2.79. The van der Waals surface area contributed by atoms with Crippen LogP contribution >= 0.6 is 0 Å². The van der Waals surface area contributed by atoms with E-state index >= 15 is 0 Å². The van der Waals surface area contributed by atoms with E-state index in [1.165, 1.54) is 5.56 Å². The minimum absolute atomic E-state index is 0.145. The number of anilines is 2. The van der Waals surface area contributed by atoms with Gasteiger partial charge in [-0.2, -0.15) is 0 Å². The highest BCUT2D eigenvalue weighted by molar-refractivity contribution is 5.93. The van der Waals surface area contributed by atoms with Gasteiger partial charge in [0.1, 0.15) is 0 Å². The first-order valence-corrected chi connectivity index (χ1v) is 7.40. The van der Waals surface area contributed by atoms with Gasteiger partial charge in [0.15, 0.2) is 0 Å². The lowest BCUT2D eigenvalue weighted by atomic mass is 10.1. The molecule has 2 N–H and O–H groups in total. The summed E-state index contributed by atoms with van der Waals surface area (Å²) >= 11 is 0. The highest BCUT2D eigenvalue weighted by Crippen LogP contribution is 2.19. The van der Waals surface area contributed by atoms with Gasteiger partial charge in [0.2, 0.25) is 5.91 Å². The fourth-order valence-corrected chi connectivity index (χ4v) is 2.34. The number of carbonyl (C=O) groups is 1. The van der Waals surface area contributed by atoms with Gasteiger partial charge in [-0.15, -0.1) is 0 Å². The minimum Gasteiger partial charge on any atom is -0.399 e. The number of nitrogens with two attached hydrogens (primary N) is 1. The number of hydrogen-bond donors (Lipinski definition) is 1. The second kappa shape index (κ2) is 7.48. The van der Waals surface area contributed by atoms with Gasteiger partial charge in [0.25, 0.3) is 0 Å². The molecule has 2 aromatic rings. The van der Waals surface area contributed by atoms with Crippen LogP contribution in [-0.4, -0.2) is 12.5 Å². The van der Waals surface area contributed by atoms with Crippen LogP contribution in [0.15, 0.2) is 54.6 Å². The number of nitrogens with zero attached hydrogens (tertiary/aromatic N) is 1. The summed E-state index contributed by atoms with van der Waals surface area (Å²) in [5.74, 6) is 0.145. The van der Waals surface area contributed by atoms with Crippen LogP contribution in [0.3, 0.4) is 0 Å². The maximum Gasteiger partial charge on any atom is 0.227 e. The summed E-state index contributed by atoms with van der Waals surface area (Å²) in [5.41, 5.74) is 8.58. The standard InChI is InChI=1S/C18H22N2O/c1-2-13-20(17-10-6-9-16(19)14-17)18(21)12-11-15-7-4-3-5-8-15/h3-10,14H,2,11-13,19H2,1H3. The van der Waals surface area contributed by atoms with E-state index < -0.39 is 0 Å². The largest absolute Gasteiger partial charge is 0.399 e. The van der Waals surface area contributed by atoms with E-state index in [2.05, 4.69) is 19.1 Å². The maximum atomic E-state index is 12.5. The average molecular weight is 282 g/mol. The second-order valence-electron chi connectivity index (χ2n) is 5.13. The molecule has 21 heavy (non-hydrogen) atoms. The number of nitrogen functional groups attached to an aromatic ring is 1. The number of carbonyl (C=O) groups excluding carboxylic acids is 1. The van der Waals surface area contributed by atoms with E-state index in [1.54, 1.807) is 0 Å². The average Bonchev–Trinajstić information content (AvgIpc) is 2.51. The quantitative estimate of drug-likeness (QED) is 0.822. The van der Waals surface area contributed by atoms with Crippen molar-refractivity contribution in [3.63, 3.8) is 0 Å². The van der Waals surface area contributed by atoms with E-state index in [4.69, 9.17) is 5.73 Å². The monoisotopic (exact) mass is 282 g/mol. The zero-order valence-corrected chi connectivity index (χ0v) is 12.5. The van der Waals surface area contributed by atoms with E-state index in [9.17, 15) is 4.79 Å². The lowest BCUT2D eigenvalue weighted by Gasteiger charge is -2.22. The Balaban J connectivity index is 2.05. The molecule has 3 heteroatoms. The van der Waals surface area contributed by atoms with Gasteiger partial charge >= 0.3 is 0 Å². The molecular formula is C18H22N2O. The van der Waals surface area contributed by atoms with Gasteiger partial charge in [0, 0.05) is 24.3 Å². The van der Waals surface area contributed by atoms with Gasteiger partial charge in [-0.1, -0.05) is 43.3 Å². The molecule has 0 spiro atoms. The smallest absolute Gasteiger partial charge is 0.227 e. The lowest BCUT2D eigenvalue weighted by molar-refractivity contribution is -0.118. The van der Waals surface area contributed by atoms with Gasteiger partial charge in [-0.3, -0.25) is 4.79 Å².